The summed E-state index contributed by atoms with van der Waals surface area (Å²) in [7, 11) is 3.42. The monoisotopic (exact) mass is 359 g/mol. The Labute approximate surface area is 153 Å². The van der Waals surface area contributed by atoms with Crippen LogP contribution in [0.15, 0.2) is 36.4 Å². The largest absolute Gasteiger partial charge is 0.497 e. The first-order chi connectivity index (χ1) is 12.6. The molecule has 1 N–H and O–H groups in total. The molecule has 0 atom stereocenters. The highest BCUT2D eigenvalue weighted by molar-refractivity contribution is 5.90. The number of nitrogens with zero attached hydrogens (tertiary/aromatic N) is 1. The van der Waals surface area contributed by atoms with Gasteiger partial charge in [-0.05, 0) is 44.2 Å². The van der Waals surface area contributed by atoms with Gasteiger partial charge >= 0.3 is 5.97 Å². The molecular weight excluding hydrogens is 334 g/mol. The molecule has 0 radical (unpaired) electrons. The third-order valence-corrected chi connectivity index (χ3v) is 4.00. The van der Waals surface area contributed by atoms with Crippen molar-refractivity contribution in [1.29, 1.82) is 0 Å². The van der Waals surface area contributed by atoms with Crippen molar-refractivity contribution in [2.24, 2.45) is 7.05 Å². The van der Waals surface area contributed by atoms with Gasteiger partial charge in [0, 0.05) is 23.9 Å². The van der Waals surface area contributed by atoms with Crippen LogP contribution >= 0.6 is 0 Å². The minimum Gasteiger partial charge on any atom is -0.497 e. The number of carbonyl (C=O) groups excluding carboxylic acids is 1. The van der Waals surface area contributed by atoms with Gasteiger partial charge in [0.15, 0.2) is 0 Å². The summed E-state index contributed by atoms with van der Waals surface area (Å²) in [6, 6.07) is 9.10. The lowest BCUT2D eigenvalue weighted by Gasteiger charge is -2.16. The molecule has 0 saturated carbocycles. The lowest BCUT2D eigenvalue weighted by atomic mass is 10.0. The van der Waals surface area contributed by atoms with Crippen LogP contribution in [0, 0.1) is 0 Å². The second kappa shape index (κ2) is 9.10. The number of carbonyl (C=O) groups is 1. The number of hydrogen-bond donors (Lipinski definition) is 1. The summed E-state index contributed by atoms with van der Waals surface area (Å²) in [5.74, 6) is 0.960. The van der Waals surface area contributed by atoms with Crippen molar-refractivity contribution in [3.05, 3.63) is 53.4 Å². The van der Waals surface area contributed by atoms with Gasteiger partial charge < -0.3 is 23.9 Å². The molecule has 140 valence electrons. The summed E-state index contributed by atoms with van der Waals surface area (Å²) in [4.78, 5) is 12.1. The molecule has 6 heteroatoms. The van der Waals surface area contributed by atoms with Gasteiger partial charge in [-0.25, -0.2) is 4.79 Å². The highest BCUT2D eigenvalue weighted by Gasteiger charge is 2.19. The first-order valence-corrected chi connectivity index (χ1v) is 8.48. The fraction of sp³-hybridized carbons (Fsp3) is 0.350. The number of methoxy groups -OCH3 is 1. The molecule has 2 aromatic rings. The Hall–Kier alpha value is -2.73. The number of hydrogen-bond acceptors (Lipinski definition) is 5. The van der Waals surface area contributed by atoms with Crippen LogP contribution in [0.2, 0.25) is 0 Å². The summed E-state index contributed by atoms with van der Waals surface area (Å²) in [5.41, 5.74) is 3.02. The highest BCUT2D eigenvalue weighted by Crippen LogP contribution is 2.34. The Kier molecular flexibility index (Phi) is 6.86. The molecule has 1 aromatic carbocycles. The molecule has 0 fully saturated rings. The van der Waals surface area contributed by atoms with Crippen LogP contribution in [0.1, 0.15) is 35.6 Å². The van der Waals surface area contributed by atoms with Crippen molar-refractivity contribution in [2.45, 2.75) is 13.8 Å². The standard InChI is InChI=1S/C20H25NO5/c1-5-15(17-8-9-18(21(17)3)20(23)25-6-2)16-13-14(24-4)7-10-19(16)26-12-11-22/h5,7-10,13,22H,6,11-12H2,1-4H3/b15-5-. The molecule has 0 aliphatic heterocycles. The zero-order valence-electron chi connectivity index (χ0n) is 15.6. The van der Waals surface area contributed by atoms with E-state index in [4.69, 9.17) is 19.3 Å². The normalized spacial score (nSPS) is 11.3. The van der Waals surface area contributed by atoms with E-state index in [-0.39, 0.29) is 19.2 Å². The van der Waals surface area contributed by atoms with E-state index in [1.54, 1.807) is 30.7 Å². The number of ether oxygens (including phenoxy) is 3. The van der Waals surface area contributed by atoms with Crippen LogP contribution in [0.3, 0.4) is 0 Å². The molecule has 26 heavy (non-hydrogen) atoms. The number of esters is 1. The van der Waals surface area contributed by atoms with Gasteiger partial charge in [-0.2, -0.15) is 0 Å². The van der Waals surface area contributed by atoms with Crippen molar-refractivity contribution >= 4 is 11.5 Å². The van der Waals surface area contributed by atoms with Crippen molar-refractivity contribution in [3.63, 3.8) is 0 Å². The molecule has 2 rings (SSSR count). The Morgan fingerprint density at radius 3 is 2.58 bits per heavy atom. The van der Waals surface area contributed by atoms with E-state index in [0.717, 1.165) is 16.8 Å². The average Bonchev–Trinajstić information content (AvgIpc) is 3.03. The van der Waals surface area contributed by atoms with Crippen molar-refractivity contribution in [1.82, 2.24) is 4.57 Å². The van der Waals surface area contributed by atoms with E-state index in [1.807, 2.05) is 38.2 Å². The fourth-order valence-corrected chi connectivity index (χ4v) is 2.76. The molecule has 1 aromatic heterocycles. The van der Waals surface area contributed by atoms with Crippen molar-refractivity contribution < 1.29 is 24.1 Å². The molecule has 6 nitrogen and oxygen atoms in total. The maximum Gasteiger partial charge on any atom is 0.354 e. The highest BCUT2D eigenvalue weighted by atomic mass is 16.5. The third kappa shape index (κ3) is 4.08. The van der Waals surface area contributed by atoms with Crippen LogP contribution in [-0.2, 0) is 11.8 Å². The van der Waals surface area contributed by atoms with E-state index < -0.39 is 0 Å². The van der Waals surface area contributed by atoms with Crippen LogP contribution in [0.4, 0.5) is 0 Å². The summed E-state index contributed by atoms with van der Waals surface area (Å²) >= 11 is 0. The smallest absolute Gasteiger partial charge is 0.354 e. The quantitative estimate of drug-likeness (QED) is 0.734. The maximum absolute atomic E-state index is 12.1. The van der Waals surface area contributed by atoms with Crippen LogP contribution in [-0.4, -0.2) is 42.6 Å². The summed E-state index contributed by atoms with van der Waals surface area (Å²) in [6.45, 7) is 4.14. The van der Waals surface area contributed by atoms with E-state index >= 15 is 0 Å². The van der Waals surface area contributed by atoms with Crippen LogP contribution in [0.5, 0.6) is 11.5 Å². The number of aliphatic hydroxyl groups is 1. The SMILES string of the molecule is C/C=C(/c1cc(OC)ccc1OCCO)c1ccc(C(=O)OCC)n1C. The predicted octanol–water partition coefficient (Wildman–Crippen LogP) is 3.03. The number of allylic oxidation sites excluding steroid dienone is 1. The number of benzene rings is 1. The Balaban J connectivity index is 2.50. The molecule has 0 bridgehead atoms. The first kappa shape index (κ1) is 19.6. The second-order valence-electron chi connectivity index (χ2n) is 5.52. The Morgan fingerprint density at radius 1 is 1.23 bits per heavy atom. The van der Waals surface area contributed by atoms with Gasteiger partial charge in [-0.3, -0.25) is 0 Å². The molecule has 0 aliphatic carbocycles. The van der Waals surface area contributed by atoms with Crippen molar-refractivity contribution in [2.75, 3.05) is 26.9 Å². The number of rotatable bonds is 8. The van der Waals surface area contributed by atoms with E-state index in [9.17, 15) is 4.79 Å². The third-order valence-electron chi connectivity index (χ3n) is 4.00. The van der Waals surface area contributed by atoms with Crippen LogP contribution < -0.4 is 9.47 Å². The zero-order valence-corrected chi connectivity index (χ0v) is 15.6. The average molecular weight is 359 g/mol. The summed E-state index contributed by atoms with van der Waals surface area (Å²) in [6.07, 6.45) is 1.95. The number of aromatic nitrogens is 1. The van der Waals surface area contributed by atoms with Gasteiger partial charge in [0.1, 0.15) is 23.8 Å². The first-order valence-electron chi connectivity index (χ1n) is 8.48. The zero-order chi connectivity index (χ0) is 19.1. The van der Waals surface area contributed by atoms with Gasteiger partial charge in [0.2, 0.25) is 0 Å². The van der Waals surface area contributed by atoms with Gasteiger partial charge in [0.25, 0.3) is 0 Å². The van der Waals surface area contributed by atoms with Gasteiger partial charge in [-0.1, -0.05) is 6.08 Å². The van der Waals surface area contributed by atoms with Gasteiger partial charge in [0.05, 0.1) is 20.3 Å². The summed E-state index contributed by atoms with van der Waals surface area (Å²) in [5, 5.41) is 9.07. The maximum atomic E-state index is 12.1. The Morgan fingerprint density at radius 2 is 1.96 bits per heavy atom. The lowest BCUT2D eigenvalue weighted by Crippen LogP contribution is -2.11. The second-order valence-corrected chi connectivity index (χ2v) is 5.52. The minimum atomic E-state index is -0.362. The predicted molar refractivity (Wildman–Crippen MR) is 99.7 cm³/mol. The summed E-state index contributed by atoms with van der Waals surface area (Å²) < 4.78 is 17.9. The molecule has 0 saturated heterocycles. The molecule has 0 unspecified atom stereocenters. The molecule has 0 aliphatic rings. The topological polar surface area (TPSA) is 69.9 Å². The van der Waals surface area contributed by atoms with Crippen LogP contribution in [0.25, 0.3) is 5.57 Å². The van der Waals surface area contributed by atoms with E-state index in [1.165, 1.54) is 0 Å². The minimum absolute atomic E-state index is 0.0756. The lowest BCUT2D eigenvalue weighted by molar-refractivity contribution is 0.0515. The van der Waals surface area contributed by atoms with E-state index in [0.29, 0.717) is 23.8 Å². The Bertz CT molecular complexity index is 791. The van der Waals surface area contributed by atoms with Gasteiger partial charge in [-0.15, -0.1) is 0 Å². The molecule has 0 amide bonds. The molecule has 0 spiro atoms. The van der Waals surface area contributed by atoms with Crippen molar-refractivity contribution in [3.8, 4) is 11.5 Å². The van der Waals surface area contributed by atoms with E-state index in [2.05, 4.69) is 0 Å². The molecule has 1 heterocycles. The molecular formula is C20H25NO5. The fourth-order valence-electron chi connectivity index (χ4n) is 2.76. The number of aliphatic hydroxyl groups excluding tert-OH is 1.